The smallest absolute Gasteiger partial charge is 0.0447 e. The SMILES string of the molecule is CC(C)C1CC(c2ccccn2)CN1C(C)C. The molecule has 0 radical (unpaired) electrons. The summed E-state index contributed by atoms with van der Waals surface area (Å²) in [4.78, 5) is 7.16. The maximum atomic E-state index is 4.52. The Hall–Kier alpha value is -0.890. The van der Waals surface area contributed by atoms with Gasteiger partial charge in [0.25, 0.3) is 0 Å². The molecule has 2 atom stereocenters. The molecule has 94 valence electrons. The number of hydrogen-bond acceptors (Lipinski definition) is 2. The topological polar surface area (TPSA) is 16.1 Å². The maximum absolute atomic E-state index is 4.52. The van der Waals surface area contributed by atoms with Crippen LogP contribution in [0.25, 0.3) is 0 Å². The predicted molar refractivity (Wildman–Crippen MR) is 72.1 cm³/mol. The quantitative estimate of drug-likeness (QED) is 0.795. The molecule has 0 bridgehead atoms. The van der Waals surface area contributed by atoms with Crippen LogP contribution in [0.3, 0.4) is 0 Å². The van der Waals surface area contributed by atoms with Crippen molar-refractivity contribution in [3.05, 3.63) is 30.1 Å². The van der Waals surface area contributed by atoms with Crippen LogP contribution in [-0.4, -0.2) is 28.5 Å². The minimum Gasteiger partial charge on any atom is -0.297 e. The molecular formula is C15H24N2. The van der Waals surface area contributed by atoms with Crippen LogP contribution in [0, 0.1) is 5.92 Å². The largest absolute Gasteiger partial charge is 0.297 e. The molecule has 1 saturated heterocycles. The third kappa shape index (κ3) is 2.68. The lowest BCUT2D eigenvalue weighted by atomic mass is 9.95. The first-order valence-electron chi connectivity index (χ1n) is 6.76. The van der Waals surface area contributed by atoms with Crippen LogP contribution in [0.15, 0.2) is 24.4 Å². The summed E-state index contributed by atoms with van der Waals surface area (Å²) in [5, 5.41) is 0. The van der Waals surface area contributed by atoms with Crippen LogP contribution in [0.5, 0.6) is 0 Å². The van der Waals surface area contributed by atoms with Crippen molar-refractivity contribution in [3.63, 3.8) is 0 Å². The van der Waals surface area contributed by atoms with E-state index in [-0.39, 0.29) is 0 Å². The van der Waals surface area contributed by atoms with Crippen LogP contribution in [0.1, 0.15) is 45.7 Å². The fraction of sp³-hybridized carbons (Fsp3) is 0.667. The zero-order chi connectivity index (χ0) is 12.4. The standard InChI is InChI=1S/C15H24N2/c1-11(2)15-9-13(10-17(15)12(3)4)14-7-5-6-8-16-14/h5-8,11-13,15H,9-10H2,1-4H3. The van der Waals surface area contributed by atoms with Gasteiger partial charge in [-0.2, -0.15) is 0 Å². The molecule has 1 aromatic heterocycles. The second kappa shape index (κ2) is 5.18. The third-order valence-corrected chi connectivity index (χ3v) is 3.92. The Labute approximate surface area is 105 Å². The number of pyridine rings is 1. The van der Waals surface area contributed by atoms with E-state index in [1.807, 2.05) is 12.3 Å². The maximum Gasteiger partial charge on any atom is 0.0447 e. The summed E-state index contributed by atoms with van der Waals surface area (Å²) in [6, 6.07) is 7.62. The lowest BCUT2D eigenvalue weighted by molar-refractivity contribution is 0.165. The van der Waals surface area contributed by atoms with Crippen molar-refractivity contribution in [1.29, 1.82) is 0 Å². The van der Waals surface area contributed by atoms with Gasteiger partial charge in [0.15, 0.2) is 0 Å². The summed E-state index contributed by atoms with van der Waals surface area (Å²) in [5.41, 5.74) is 1.27. The molecule has 1 aliphatic rings. The second-order valence-corrected chi connectivity index (χ2v) is 5.79. The fourth-order valence-corrected chi connectivity index (χ4v) is 2.97. The molecule has 2 heterocycles. The average molecular weight is 232 g/mol. The van der Waals surface area contributed by atoms with Crippen LogP contribution in [-0.2, 0) is 0 Å². The molecule has 1 fully saturated rings. The van der Waals surface area contributed by atoms with E-state index in [4.69, 9.17) is 0 Å². The van der Waals surface area contributed by atoms with E-state index < -0.39 is 0 Å². The Morgan fingerprint density at radius 2 is 2.00 bits per heavy atom. The lowest BCUT2D eigenvalue weighted by Gasteiger charge is -2.30. The highest BCUT2D eigenvalue weighted by atomic mass is 15.2. The second-order valence-electron chi connectivity index (χ2n) is 5.79. The predicted octanol–water partition coefficient (Wildman–Crippen LogP) is 3.30. The Kier molecular flexibility index (Phi) is 3.82. The van der Waals surface area contributed by atoms with Crippen molar-refractivity contribution in [2.45, 2.75) is 52.1 Å². The zero-order valence-electron chi connectivity index (χ0n) is 11.4. The van der Waals surface area contributed by atoms with Crippen molar-refractivity contribution < 1.29 is 0 Å². The van der Waals surface area contributed by atoms with Crippen LogP contribution >= 0.6 is 0 Å². The molecule has 2 unspecified atom stereocenters. The first-order valence-corrected chi connectivity index (χ1v) is 6.76. The van der Waals surface area contributed by atoms with Crippen molar-refractivity contribution in [2.24, 2.45) is 5.92 Å². The molecule has 0 aliphatic carbocycles. The fourth-order valence-electron chi connectivity index (χ4n) is 2.97. The Bertz CT molecular complexity index is 329. The molecule has 0 saturated carbocycles. The summed E-state index contributed by atoms with van der Waals surface area (Å²) in [6.45, 7) is 10.4. The summed E-state index contributed by atoms with van der Waals surface area (Å²) in [5.74, 6) is 1.34. The van der Waals surface area contributed by atoms with Gasteiger partial charge in [0, 0.05) is 36.4 Å². The number of aromatic nitrogens is 1. The monoisotopic (exact) mass is 232 g/mol. The normalized spacial score (nSPS) is 26.0. The van der Waals surface area contributed by atoms with Crippen LogP contribution < -0.4 is 0 Å². The van der Waals surface area contributed by atoms with E-state index in [0.29, 0.717) is 18.0 Å². The molecule has 0 spiro atoms. The molecule has 1 aliphatic heterocycles. The summed E-state index contributed by atoms with van der Waals surface area (Å²) < 4.78 is 0. The molecule has 0 aromatic carbocycles. The van der Waals surface area contributed by atoms with E-state index in [9.17, 15) is 0 Å². The van der Waals surface area contributed by atoms with Gasteiger partial charge in [0.2, 0.25) is 0 Å². The van der Waals surface area contributed by atoms with E-state index in [1.165, 1.54) is 12.1 Å². The van der Waals surface area contributed by atoms with E-state index >= 15 is 0 Å². The number of nitrogens with zero attached hydrogens (tertiary/aromatic N) is 2. The lowest BCUT2D eigenvalue weighted by Crippen LogP contribution is -2.38. The van der Waals surface area contributed by atoms with Gasteiger partial charge < -0.3 is 0 Å². The van der Waals surface area contributed by atoms with Crippen LogP contribution in [0.2, 0.25) is 0 Å². The zero-order valence-corrected chi connectivity index (χ0v) is 11.4. The minimum atomic E-state index is 0.617. The summed E-state index contributed by atoms with van der Waals surface area (Å²) in [6.07, 6.45) is 3.17. The van der Waals surface area contributed by atoms with E-state index in [1.54, 1.807) is 0 Å². The minimum absolute atomic E-state index is 0.617. The molecule has 2 heteroatoms. The van der Waals surface area contributed by atoms with E-state index in [0.717, 1.165) is 12.5 Å². The van der Waals surface area contributed by atoms with Gasteiger partial charge >= 0.3 is 0 Å². The van der Waals surface area contributed by atoms with Crippen molar-refractivity contribution in [1.82, 2.24) is 9.88 Å². The molecule has 2 nitrogen and oxygen atoms in total. The van der Waals surface area contributed by atoms with Gasteiger partial charge in [0.05, 0.1) is 0 Å². The van der Waals surface area contributed by atoms with E-state index in [2.05, 4.69) is 49.7 Å². The van der Waals surface area contributed by atoms with Gasteiger partial charge in [0.1, 0.15) is 0 Å². The first kappa shape index (κ1) is 12.6. The van der Waals surface area contributed by atoms with Crippen molar-refractivity contribution in [2.75, 3.05) is 6.54 Å². The number of hydrogen-bond donors (Lipinski definition) is 0. The molecule has 0 N–H and O–H groups in total. The van der Waals surface area contributed by atoms with Crippen molar-refractivity contribution >= 4 is 0 Å². The van der Waals surface area contributed by atoms with Gasteiger partial charge in [-0.25, -0.2) is 0 Å². The highest BCUT2D eigenvalue weighted by Gasteiger charge is 2.36. The Morgan fingerprint density at radius 1 is 1.24 bits per heavy atom. The molecule has 0 amide bonds. The Morgan fingerprint density at radius 3 is 2.47 bits per heavy atom. The van der Waals surface area contributed by atoms with Crippen molar-refractivity contribution in [3.8, 4) is 0 Å². The van der Waals surface area contributed by atoms with Gasteiger partial charge in [-0.05, 0) is 38.3 Å². The molecule has 1 aromatic rings. The van der Waals surface area contributed by atoms with Gasteiger partial charge in [-0.3, -0.25) is 9.88 Å². The molecular weight excluding hydrogens is 208 g/mol. The number of likely N-dealkylation sites (tertiary alicyclic amines) is 1. The third-order valence-electron chi connectivity index (χ3n) is 3.92. The summed E-state index contributed by atoms with van der Waals surface area (Å²) in [7, 11) is 0. The highest BCUT2D eigenvalue weighted by molar-refractivity contribution is 5.13. The van der Waals surface area contributed by atoms with Gasteiger partial charge in [-0.1, -0.05) is 19.9 Å². The number of rotatable bonds is 3. The summed E-state index contributed by atoms with van der Waals surface area (Å²) >= 11 is 0. The average Bonchev–Trinajstić information content (AvgIpc) is 2.75. The Balaban J connectivity index is 2.14. The first-order chi connectivity index (χ1) is 8.09. The van der Waals surface area contributed by atoms with Crippen LogP contribution in [0.4, 0.5) is 0 Å². The molecule has 17 heavy (non-hydrogen) atoms. The highest BCUT2D eigenvalue weighted by Crippen LogP contribution is 2.35. The molecule has 2 rings (SSSR count). The van der Waals surface area contributed by atoms with Gasteiger partial charge in [-0.15, -0.1) is 0 Å².